The highest BCUT2D eigenvalue weighted by molar-refractivity contribution is 7.92. The van der Waals surface area contributed by atoms with Gasteiger partial charge in [-0.05, 0) is 42.5 Å². The number of sulfonamides is 1. The van der Waals surface area contributed by atoms with E-state index in [4.69, 9.17) is 8.60 Å². The predicted molar refractivity (Wildman–Crippen MR) is 126 cm³/mol. The van der Waals surface area contributed by atoms with Crippen LogP contribution in [0.3, 0.4) is 0 Å². The molecule has 0 aliphatic carbocycles. The van der Waals surface area contributed by atoms with Gasteiger partial charge in [0.25, 0.3) is 15.7 Å². The molecule has 0 saturated heterocycles. The van der Waals surface area contributed by atoms with Crippen LogP contribution < -0.4 is 14.5 Å². The third kappa shape index (κ3) is 5.45. The Kier molecular flexibility index (Phi) is 6.62. The fourth-order valence-electron chi connectivity index (χ4n) is 3.20. The topological polar surface area (TPSA) is 163 Å². The van der Waals surface area contributed by atoms with E-state index in [9.17, 15) is 44.9 Å². The Labute approximate surface area is 211 Å². The molecule has 4 rings (SSSR count). The quantitative estimate of drug-likeness (QED) is 0.148. The molecule has 0 bridgehead atoms. The average Bonchev–Trinajstić information content (AvgIpc) is 2.84. The summed E-state index contributed by atoms with van der Waals surface area (Å²) in [5, 5.41) is 11.0. The Morgan fingerprint density at radius 1 is 0.895 bits per heavy atom. The highest BCUT2D eigenvalue weighted by atomic mass is 32.2. The van der Waals surface area contributed by atoms with Crippen molar-refractivity contribution in [3.63, 3.8) is 0 Å². The summed E-state index contributed by atoms with van der Waals surface area (Å²) < 4.78 is 101. The van der Waals surface area contributed by atoms with Gasteiger partial charge in [0, 0.05) is 17.5 Å². The van der Waals surface area contributed by atoms with Crippen LogP contribution >= 0.6 is 0 Å². The van der Waals surface area contributed by atoms with E-state index in [1.165, 1.54) is 12.1 Å². The van der Waals surface area contributed by atoms with Crippen LogP contribution in [-0.4, -0.2) is 21.8 Å². The number of benzene rings is 3. The molecule has 0 aliphatic rings. The highest BCUT2D eigenvalue weighted by Crippen LogP contribution is 2.31. The van der Waals surface area contributed by atoms with Crippen LogP contribution in [0.1, 0.15) is 5.56 Å². The average molecular weight is 570 g/mol. The molecular weight excluding hydrogens is 557 g/mol. The van der Waals surface area contributed by atoms with Crippen molar-refractivity contribution in [1.29, 1.82) is 0 Å². The molecule has 0 spiro atoms. The maximum Gasteiger partial charge on any atom is 0.416 e. The molecule has 0 aliphatic heterocycles. The molecule has 16 heteroatoms. The van der Waals surface area contributed by atoms with Gasteiger partial charge in [0.1, 0.15) is 10.6 Å². The van der Waals surface area contributed by atoms with E-state index in [-0.39, 0.29) is 11.0 Å². The van der Waals surface area contributed by atoms with Crippen molar-refractivity contribution in [1.82, 2.24) is 0 Å². The lowest BCUT2D eigenvalue weighted by Crippen LogP contribution is -2.19. The summed E-state index contributed by atoms with van der Waals surface area (Å²) in [4.78, 5) is 21.5. The van der Waals surface area contributed by atoms with Gasteiger partial charge in [-0.2, -0.15) is 21.6 Å². The first-order valence-electron chi connectivity index (χ1n) is 10.1. The summed E-state index contributed by atoms with van der Waals surface area (Å²) in [5.41, 5.74) is -3.85. The minimum atomic E-state index is -4.68. The summed E-state index contributed by atoms with van der Waals surface area (Å²) in [6.45, 7) is 0. The second-order valence-electron chi connectivity index (χ2n) is 7.54. The first kappa shape index (κ1) is 26.6. The Morgan fingerprint density at radius 3 is 2.18 bits per heavy atom. The van der Waals surface area contributed by atoms with Gasteiger partial charge >= 0.3 is 21.9 Å². The Bertz CT molecular complexity index is 1830. The lowest BCUT2D eigenvalue weighted by Gasteiger charge is -2.11. The van der Waals surface area contributed by atoms with Crippen LogP contribution in [0.25, 0.3) is 11.0 Å². The van der Waals surface area contributed by atoms with E-state index in [1.54, 1.807) is 0 Å². The number of fused-ring (bicyclic) bond motifs is 1. The number of non-ortho nitro benzene ring substituents is 1. The standard InChI is InChI=1S/C22H13F3N2O9S2/c23-22(24,25)14-7-9-16(10-8-14)37(31,32)26-18-11-13-3-1-6-19(20(13)35-21(18)28)36-38(33,34)17-5-2-4-15(12-17)27(29)30/h1-12,26H. The van der Waals surface area contributed by atoms with Crippen molar-refractivity contribution < 1.29 is 43.5 Å². The number of nitro groups is 1. The third-order valence-electron chi connectivity index (χ3n) is 4.98. The van der Waals surface area contributed by atoms with Crippen LogP contribution in [0, 0.1) is 10.1 Å². The van der Waals surface area contributed by atoms with Gasteiger partial charge in [0.15, 0.2) is 11.3 Å². The number of nitrogens with one attached hydrogen (secondary N) is 1. The molecule has 4 aromatic rings. The molecule has 0 fully saturated rings. The van der Waals surface area contributed by atoms with Crippen molar-refractivity contribution in [2.24, 2.45) is 0 Å². The molecule has 0 radical (unpaired) electrons. The lowest BCUT2D eigenvalue weighted by atomic mass is 10.2. The third-order valence-corrected chi connectivity index (χ3v) is 7.59. The number of nitro benzene ring substituents is 1. The van der Waals surface area contributed by atoms with Gasteiger partial charge in [0.05, 0.1) is 15.4 Å². The summed E-state index contributed by atoms with van der Waals surface area (Å²) >= 11 is 0. The normalized spacial score (nSPS) is 12.3. The maximum absolute atomic E-state index is 12.8. The van der Waals surface area contributed by atoms with E-state index >= 15 is 0 Å². The molecule has 1 N–H and O–H groups in total. The fraction of sp³-hybridized carbons (Fsp3) is 0.0455. The first-order valence-corrected chi connectivity index (χ1v) is 13.0. The molecule has 198 valence electrons. The van der Waals surface area contributed by atoms with E-state index < -0.39 is 69.3 Å². The number of hydrogen-bond acceptors (Lipinski definition) is 9. The minimum absolute atomic E-state index is 0.0152. The van der Waals surface area contributed by atoms with E-state index in [2.05, 4.69) is 0 Å². The molecule has 3 aromatic carbocycles. The van der Waals surface area contributed by atoms with Gasteiger partial charge < -0.3 is 8.60 Å². The zero-order chi connectivity index (χ0) is 27.9. The predicted octanol–water partition coefficient (Wildman–Crippen LogP) is 4.29. The number of para-hydroxylation sites is 1. The smallest absolute Gasteiger partial charge is 0.416 e. The molecular formula is C22H13F3N2O9S2. The lowest BCUT2D eigenvalue weighted by molar-refractivity contribution is -0.385. The fourth-order valence-corrected chi connectivity index (χ4v) is 5.22. The highest BCUT2D eigenvalue weighted by Gasteiger charge is 2.31. The van der Waals surface area contributed by atoms with E-state index in [0.29, 0.717) is 24.3 Å². The Morgan fingerprint density at radius 2 is 1.55 bits per heavy atom. The molecule has 1 aromatic heterocycles. The number of alkyl halides is 3. The molecule has 0 atom stereocenters. The summed E-state index contributed by atoms with van der Waals surface area (Å²) in [6.07, 6.45) is -4.68. The van der Waals surface area contributed by atoms with Gasteiger partial charge in [-0.15, -0.1) is 0 Å². The maximum atomic E-state index is 12.8. The Hall–Kier alpha value is -4.44. The molecule has 0 unspecified atom stereocenters. The van der Waals surface area contributed by atoms with Crippen LogP contribution in [0.5, 0.6) is 5.75 Å². The minimum Gasteiger partial charge on any atom is -0.417 e. The van der Waals surface area contributed by atoms with Crippen molar-refractivity contribution in [2.75, 3.05) is 4.72 Å². The van der Waals surface area contributed by atoms with Crippen molar-refractivity contribution in [2.45, 2.75) is 16.0 Å². The number of hydrogen-bond donors (Lipinski definition) is 1. The van der Waals surface area contributed by atoms with Crippen LogP contribution in [0.4, 0.5) is 24.5 Å². The summed E-state index contributed by atoms with van der Waals surface area (Å²) in [6, 6.07) is 11.3. The summed E-state index contributed by atoms with van der Waals surface area (Å²) in [5.74, 6) is -0.469. The molecule has 0 saturated carbocycles. The number of halogens is 3. The number of rotatable bonds is 7. The second-order valence-corrected chi connectivity index (χ2v) is 10.8. The zero-order valence-corrected chi connectivity index (χ0v) is 20.1. The second kappa shape index (κ2) is 9.46. The first-order chi connectivity index (χ1) is 17.7. The van der Waals surface area contributed by atoms with Crippen molar-refractivity contribution in [3.8, 4) is 5.75 Å². The van der Waals surface area contributed by atoms with Crippen LogP contribution in [0.2, 0.25) is 0 Å². The van der Waals surface area contributed by atoms with Gasteiger partial charge in [-0.3, -0.25) is 14.8 Å². The monoisotopic (exact) mass is 570 g/mol. The molecule has 11 nitrogen and oxygen atoms in total. The van der Waals surface area contributed by atoms with Gasteiger partial charge in [-0.1, -0.05) is 18.2 Å². The molecule has 38 heavy (non-hydrogen) atoms. The van der Waals surface area contributed by atoms with E-state index in [0.717, 1.165) is 36.4 Å². The number of anilines is 1. The van der Waals surface area contributed by atoms with Crippen LogP contribution in [0.15, 0.2) is 91.8 Å². The molecule has 0 amide bonds. The van der Waals surface area contributed by atoms with Gasteiger partial charge in [-0.25, -0.2) is 13.2 Å². The largest absolute Gasteiger partial charge is 0.417 e. The summed E-state index contributed by atoms with van der Waals surface area (Å²) in [7, 11) is -9.13. The van der Waals surface area contributed by atoms with Crippen molar-refractivity contribution >= 4 is 42.5 Å². The molecule has 1 heterocycles. The van der Waals surface area contributed by atoms with E-state index in [1.807, 2.05) is 4.72 Å². The Balaban J connectivity index is 1.67. The SMILES string of the molecule is O=c1oc2c(OS(=O)(=O)c3cccc([N+](=O)[O-])c3)cccc2cc1NS(=O)(=O)c1ccc(C(F)(F)F)cc1. The number of nitrogens with zero attached hydrogens (tertiary/aromatic N) is 1. The van der Waals surface area contributed by atoms with Crippen LogP contribution in [-0.2, 0) is 26.3 Å². The zero-order valence-electron chi connectivity index (χ0n) is 18.5. The van der Waals surface area contributed by atoms with Crippen molar-refractivity contribution in [3.05, 3.63) is 98.9 Å². The van der Waals surface area contributed by atoms with Gasteiger partial charge in [0.2, 0.25) is 0 Å².